The standard InChI is InChI=1S/C17H22F3NO3/c1-5-8-16(2,3)15(22)21-12-6-7-14(24-10-9-23-4)13(11-12)17(18,19)20/h5-7,11H,1,8-10H2,2-4H3,(H,21,22). The van der Waals surface area contributed by atoms with E-state index in [1.54, 1.807) is 19.9 Å². The molecule has 24 heavy (non-hydrogen) atoms. The highest BCUT2D eigenvalue weighted by atomic mass is 19.4. The summed E-state index contributed by atoms with van der Waals surface area (Å²) in [5, 5.41) is 2.51. The molecule has 0 atom stereocenters. The summed E-state index contributed by atoms with van der Waals surface area (Å²) in [7, 11) is 1.43. The van der Waals surface area contributed by atoms with Gasteiger partial charge in [0.25, 0.3) is 0 Å². The van der Waals surface area contributed by atoms with Crippen LogP contribution in [0.1, 0.15) is 25.8 Å². The Balaban J connectivity index is 3.02. The predicted octanol–water partition coefficient (Wildman–Crippen LogP) is 4.27. The number of alkyl halides is 3. The molecule has 0 heterocycles. The quantitative estimate of drug-likeness (QED) is 0.565. The second-order valence-electron chi connectivity index (χ2n) is 5.88. The van der Waals surface area contributed by atoms with Gasteiger partial charge in [0.15, 0.2) is 0 Å². The summed E-state index contributed by atoms with van der Waals surface area (Å²) in [4.78, 5) is 12.2. The number of amides is 1. The third-order valence-electron chi connectivity index (χ3n) is 3.36. The lowest BCUT2D eigenvalue weighted by Crippen LogP contribution is -2.30. The average Bonchev–Trinajstić information content (AvgIpc) is 2.47. The molecule has 0 aliphatic carbocycles. The maximum absolute atomic E-state index is 13.2. The summed E-state index contributed by atoms with van der Waals surface area (Å²) >= 11 is 0. The number of ether oxygens (including phenoxy) is 2. The summed E-state index contributed by atoms with van der Waals surface area (Å²) in [5.74, 6) is -0.688. The van der Waals surface area contributed by atoms with Crippen LogP contribution in [-0.4, -0.2) is 26.2 Å². The first-order chi connectivity index (χ1) is 11.1. The Hall–Kier alpha value is -2.02. The second-order valence-corrected chi connectivity index (χ2v) is 5.88. The molecule has 0 aliphatic heterocycles. The van der Waals surface area contributed by atoms with E-state index in [9.17, 15) is 18.0 Å². The second kappa shape index (κ2) is 8.19. The Kier molecular flexibility index (Phi) is 6.83. The van der Waals surface area contributed by atoms with Gasteiger partial charge in [0.2, 0.25) is 5.91 Å². The lowest BCUT2D eigenvalue weighted by molar-refractivity contribution is -0.139. The molecule has 1 amide bonds. The topological polar surface area (TPSA) is 47.6 Å². The first-order valence-electron chi connectivity index (χ1n) is 7.37. The van der Waals surface area contributed by atoms with Gasteiger partial charge in [-0.05, 0) is 24.6 Å². The number of carbonyl (C=O) groups is 1. The van der Waals surface area contributed by atoms with Crippen LogP contribution in [0.25, 0.3) is 0 Å². The zero-order valence-electron chi connectivity index (χ0n) is 14.0. The first-order valence-corrected chi connectivity index (χ1v) is 7.37. The van der Waals surface area contributed by atoms with Crippen molar-refractivity contribution < 1.29 is 27.4 Å². The number of benzene rings is 1. The number of hydrogen-bond acceptors (Lipinski definition) is 3. The molecule has 0 radical (unpaired) electrons. The molecule has 0 saturated carbocycles. The molecule has 0 aliphatic rings. The third kappa shape index (κ3) is 5.56. The highest BCUT2D eigenvalue weighted by Gasteiger charge is 2.35. The molecule has 1 N–H and O–H groups in total. The SMILES string of the molecule is C=CCC(C)(C)C(=O)Nc1ccc(OCCOC)c(C(F)(F)F)c1. The Morgan fingerprint density at radius 2 is 1.96 bits per heavy atom. The molecule has 0 saturated heterocycles. The lowest BCUT2D eigenvalue weighted by Gasteiger charge is -2.22. The number of nitrogens with one attached hydrogen (secondary N) is 1. The lowest BCUT2D eigenvalue weighted by atomic mass is 9.88. The summed E-state index contributed by atoms with van der Waals surface area (Å²) in [6.07, 6.45) is -2.60. The van der Waals surface area contributed by atoms with Crippen molar-refractivity contribution in [1.29, 1.82) is 0 Å². The fourth-order valence-corrected chi connectivity index (χ4v) is 1.94. The first kappa shape index (κ1) is 20.0. The number of allylic oxidation sites excluding steroid dienone is 1. The zero-order valence-corrected chi connectivity index (χ0v) is 14.0. The van der Waals surface area contributed by atoms with E-state index in [1.165, 1.54) is 19.2 Å². The molecule has 0 fully saturated rings. The van der Waals surface area contributed by atoms with Crippen LogP contribution in [0.15, 0.2) is 30.9 Å². The number of anilines is 1. The molecule has 4 nitrogen and oxygen atoms in total. The number of rotatable bonds is 8. The number of methoxy groups -OCH3 is 1. The van der Waals surface area contributed by atoms with E-state index in [0.29, 0.717) is 6.42 Å². The van der Waals surface area contributed by atoms with Crippen LogP contribution < -0.4 is 10.1 Å². The largest absolute Gasteiger partial charge is 0.491 e. The van der Waals surface area contributed by atoms with Crippen molar-refractivity contribution in [2.24, 2.45) is 5.41 Å². The van der Waals surface area contributed by atoms with Gasteiger partial charge in [-0.1, -0.05) is 19.9 Å². The van der Waals surface area contributed by atoms with E-state index in [2.05, 4.69) is 11.9 Å². The van der Waals surface area contributed by atoms with Crippen LogP contribution in [0, 0.1) is 5.41 Å². The minimum Gasteiger partial charge on any atom is -0.491 e. The average molecular weight is 345 g/mol. The summed E-state index contributed by atoms with van der Waals surface area (Å²) < 4.78 is 49.4. The highest BCUT2D eigenvalue weighted by molar-refractivity contribution is 5.95. The van der Waals surface area contributed by atoms with Gasteiger partial charge in [0, 0.05) is 18.2 Å². The zero-order chi connectivity index (χ0) is 18.4. The van der Waals surface area contributed by atoms with E-state index < -0.39 is 17.2 Å². The van der Waals surface area contributed by atoms with Crippen molar-refractivity contribution in [3.05, 3.63) is 36.4 Å². The molecular weight excluding hydrogens is 323 g/mol. The van der Waals surface area contributed by atoms with Gasteiger partial charge in [-0.2, -0.15) is 13.2 Å². The van der Waals surface area contributed by atoms with E-state index in [4.69, 9.17) is 9.47 Å². The van der Waals surface area contributed by atoms with E-state index >= 15 is 0 Å². The molecule has 0 aromatic heterocycles. The minimum absolute atomic E-state index is 0.00233. The number of hydrogen-bond donors (Lipinski definition) is 1. The fourth-order valence-electron chi connectivity index (χ4n) is 1.94. The number of carbonyl (C=O) groups excluding carboxylic acids is 1. The Labute approximate surface area is 139 Å². The Bertz CT molecular complexity index is 583. The van der Waals surface area contributed by atoms with Crippen LogP contribution in [0.2, 0.25) is 0 Å². The van der Waals surface area contributed by atoms with Crippen LogP contribution >= 0.6 is 0 Å². The molecule has 7 heteroatoms. The molecule has 134 valence electrons. The van der Waals surface area contributed by atoms with Crippen molar-refractivity contribution in [2.75, 3.05) is 25.6 Å². The number of halogens is 3. The Morgan fingerprint density at radius 3 is 2.50 bits per heavy atom. The monoisotopic (exact) mass is 345 g/mol. The normalized spacial score (nSPS) is 11.9. The van der Waals surface area contributed by atoms with Gasteiger partial charge in [-0.15, -0.1) is 6.58 Å². The summed E-state index contributed by atoms with van der Waals surface area (Å²) in [6, 6.07) is 3.43. The smallest absolute Gasteiger partial charge is 0.420 e. The summed E-state index contributed by atoms with van der Waals surface area (Å²) in [6.45, 7) is 7.13. The van der Waals surface area contributed by atoms with Crippen LogP contribution in [-0.2, 0) is 15.7 Å². The molecular formula is C17H22F3NO3. The molecule has 0 unspecified atom stereocenters. The van der Waals surface area contributed by atoms with Gasteiger partial charge in [-0.3, -0.25) is 4.79 Å². The van der Waals surface area contributed by atoms with E-state index in [1.807, 2.05) is 0 Å². The van der Waals surface area contributed by atoms with E-state index in [0.717, 1.165) is 6.07 Å². The molecule has 1 aromatic rings. The van der Waals surface area contributed by atoms with Crippen molar-refractivity contribution in [3.8, 4) is 5.75 Å². The maximum atomic E-state index is 13.2. The summed E-state index contributed by atoms with van der Waals surface area (Å²) in [5.41, 5.74) is -1.66. The van der Waals surface area contributed by atoms with Crippen molar-refractivity contribution in [1.82, 2.24) is 0 Å². The fraction of sp³-hybridized carbons (Fsp3) is 0.471. The van der Waals surface area contributed by atoms with E-state index in [-0.39, 0.29) is 30.6 Å². The van der Waals surface area contributed by atoms with Gasteiger partial charge in [-0.25, -0.2) is 0 Å². The van der Waals surface area contributed by atoms with Gasteiger partial charge in [0.05, 0.1) is 12.2 Å². The van der Waals surface area contributed by atoms with Gasteiger partial charge >= 0.3 is 6.18 Å². The molecule has 1 rings (SSSR count). The van der Waals surface area contributed by atoms with Gasteiger partial charge < -0.3 is 14.8 Å². The molecule has 1 aromatic carbocycles. The van der Waals surface area contributed by atoms with Gasteiger partial charge in [0.1, 0.15) is 12.4 Å². The molecule has 0 spiro atoms. The highest BCUT2D eigenvalue weighted by Crippen LogP contribution is 2.38. The van der Waals surface area contributed by atoms with Crippen LogP contribution in [0.3, 0.4) is 0 Å². The van der Waals surface area contributed by atoms with Crippen LogP contribution in [0.5, 0.6) is 5.75 Å². The third-order valence-corrected chi connectivity index (χ3v) is 3.36. The van der Waals surface area contributed by atoms with Crippen LogP contribution in [0.4, 0.5) is 18.9 Å². The predicted molar refractivity (Wildman–Crippen MR) is 86.0 cm³/mol. The minimum atomic E-state index is -4.60. The molecule has 0 bridgehead atoms. The van der Waals surface area contributed by atoms with Crippen molar-refractivity contribution in [2.45, 2.75) is 26.4 Å². The van der Waals surface area contributed by atoms with Crippen molar-refractivity contribution in [3.63, 3.8) is 0 Å². The Morgan fingerprint density at radius 1 is 1.29 bits per heavy atom. The maximum Gasteiger partial charge on any atom is 0.420 e. The van der Waals surface area contributed by atoms with Crippen molar-refractivity contribution >= 4 is 11.6 Å².